The molecule has 0 aliphatic carbocycles. The van der Waals surface area contributed by atoms with Crippen molar-refractivity contribution in [1.29, 1.82) is 0 Å². The molecule has 1 aliphatic heterocycles. The van der Waals surface area contributed by atoms with Crippen molar-refractivity contribution in [3.8, 4) is 0 Å². The van der Waals surface area contributed by atoms with E-state index < -0.39 is 0 Å². The van der Waals surface area contributed by atoms with Crippen molar-refractivity contribution in [2.75, 3.05) is 19.6 Å². The van der Waals surface area contributed by atoms with Crippen LogP contribution in [0.1, 0.15) is 12.6 Å². The monoisotopic (exact) mass is 269 g/mol. The average Bonchev–Trinajstić information content (AvgIpc) is 2.25. The van der Waals surface area contributed by atoms with Gasteiger partial charge >= 0.3 is 0 Å². The molecule has 0 bridgehead atoms. The van der Waals surface area contributed by atoms with Crippen LogP contribution in [0.4, 0.5) is 0 Å². The SMILES string of the molecule is C[C@@H]1CNCCN1Cc1ccc(Br)cn1. The van der Waals surface area contributed by atoms with Gasteiger partial charge in [-0.3, -0.25) is 9.88 Å². The van der Waals surface area contributed by atoms with Crippen LogP contribution in [0.2, 0.25) is 0 Å². The summed E-state index contributed by atoms with van der Waals surface area (Å²) in [6.07, 6.45) is 1.86. The fourth-order valence-corrected chi connectivity index (χ4v) is 2.06. The molecular formula is C11H16BrN3. The van der Waals surface area contributed by atoms with Gasteiger partial charge in [-0.2, -0.15) is 0 Å². The van der Waals surface area contributed by atoms with Crippen molar-refractivity contribution >= 4 is 15.9 Å². The number of pyridine rings is 1. The standard InChI is InChI=1S/C11H16BrN3/c1-9-6-13-4-5-15(9)8-11-3-2-10(12)7-14-11/h2-3,7,9,13H,4-6,8H2,1H3/t9-/m1/s1. The number of nitrogens with zero attached hydrogens (tertiary/aromatic N) is 2. The molecule has 82 valence electrons. The third kappa shape index (κ3) is 3.00. The minimum Gasteiger partial charge on any atom is -0.314 e. The molecule has 0 radical (unpaired) electrons. The van der Waals surface area contributed by atoms with Gasteiger partial charge in [-0.25, -0.2) is 0 Å². The number of aromatic nitrogens is 1. The topological polar surface area (TPSA) is 28.2 Å². The number of hydrogen-bond acceptors (Lipinski definition) is 3. The molecule has 1 N–H and O–H groups in total. The molecule has 1 aromatic heterocycles. The number of rotatable bonds is 2. The van der Waals surface area contributed by atoms with E-state index in [0.29, 0.717) is 6.04 Å². The van der Waals surface area contributed by atoms with Gasteiger partial charge < -0.3 is 5.32 Å². The van der Waals surface area contributed by atoms with Gasteiger partial charge in [0.2, 0.25) is 0 Å². The Morgan fingerprint density at radius 2 is 2.47 bits per heavy atom. The first-order valence-electron chi connectivity index (χ1n) is 5.31. The Hall–Kier alpha value is -0.450. The van der Waals surface area contributed by atoms with Gasteiger partial charge in [0, 0.05) is 42.9 Å². The van der Waals surface area contributed by atoms with Gasteiger partial charge in [0.1, 0.15) is 0 Å². The third-order valence-electron chi connectivity index (χ3n) is 2.79. The van der Waals surface area contributed by atoms with E-state index in [1.807, 2.05) is 6.20 Å². The number of halogens is 1. The smallest absolute Gasteiger partial charge is 0.0544 e. The average molecular weight is 270 g/mol. The molecule has 15 heavy (non-hydrogen) atoms. The van der Waals surface area contributed by atoms with Crippen LogP contribution in [0.15, 0.2) is 22.8 Å². The summed E-state index contributed by atoms with van der Waals surface area (Å²) in [6.45, 7) is 6.48. The Balaban J connectivity index is 1.98. The highest BCUT2D eigenvalue weighted by Gasteiger charge is 2.17. The maximum absolute atomic E-state index is 4.40. The van der Waals surface area contributed by atoms with E-state index in [1.165, 1.54) is 0 Å². The number of nitrogens with one attached hydrogen (secondary N) is 1. The minimum absolute atomic E-state index is 0.601. The van der Waals surface area contributed by atoms with E-state index in [9.17, 15) is 0 Å². The molecule has 1 saturated heterocycles. The van der Waals surface area contributed by atoms with E-state index in [0.717, 1.165) is 36.3 Å². The largest absolute Gasteiger partial charge is 0.314 e. The first-order valence-corrected chi connectivity index (χ1v) is 6.10. The van der Waals surface area contributed by atoms with E-state index in [2.05, 4.69) is 50.2 Å². The van der Waals surface area contributed by atoms with Crippen molar-refractivity contribution in [1.82, 2.24) is 15.2 Å². The van der Waals surface area contributed by atoms with Crippen LogP contribution in [0.25, 0.3) is 0 Å². The maximum atomic E-state index is 4.40. The molecule has 1 aliphatic rings. The van der Waals surface area contributed by atoms with Crippen molar-refractivity contribution in [2.45, 2.75) is 19.5 Å². The van der Waals surface area contributed by atoms with Gasteiger partial charge in [-0.15, -0.1) is 0 Å². The lowest BCUT2D eigenvalue weighted by Crippen LogP contribution is -2.49. The van der Waals surface area contributed by atoms with Crippen LogP contribution < -0.4 is 5.32 Å². The molecular weight excluding hydrogens is 254 g/mol. The molecule has 0 unspecified atom stereocenters. The van der Waals surface area contributed by atoms with Crippen LogP contribution in [-0.4, -0.2) is 35.6 Å². The molecule has 1 fully saturated rings. The second-order valence-corrected chi connectivity index (χ2v) is 4.91. The zero-order valence-electron chi connectivity index (χ0n) is 8.91. The van der Waals surface area contributed by atoms with Crippen molar-refractivity contribution < 1.29 is 0 Å². The van der Waals surface area contributed by atoms with Crippen molar-refractivity contribution in [3.63, 3.8) is 0 Å². The van der Waals surface area contributed by atoms with Crippen LogP contribution in [0, 0.1) is 0 Å². The third-order valence-corrected chi connectivity index (χ3v) is 3.26. The normalized spacial score (nSPS) is 22.9. The molecule has 2 rings (SSSR count). The predicted octanol–water partition coefficient (Wildman–Crippen LogP) is 1.64. The lowest BCUT2D eigenvalue weighted by Gasteiger charge is -2.33. The Morgan fingerprint density at radius 1 is 1.60 bits per heavy atom. The number of piperazine rings is 1. The molecule has 2 heterocycles. The van der Waals surface area contributed by atoms with E-state index >= 15 is 0 Å². The highest BCUT2D eigenvalue weighted by Crippen LogP contribution is 2.11. The van der Waals surface area contributed by atoms with Crippen LogP contribution >= 0.6 is 15.9 Å². The van der Waals surface area contributed by atoms with E-state index in [4.69, 9.17) is 0 Å². The van der Waals surface area contributed by atoms with Gasteiger partial charge in [0.25, 0.3) is 0 Å². The van der Waals surface area contributed by atoms with Gasteiger partial charge in [0.05, 0.1) is 5.69 Å². The van der Waals surface area contributed by atoms with Crippen LogP contribution in [0.5, 0.6) is 0 Å². The summed E-state index contributed by atoms with van der Waals surface area (Å²) in [6, 6.07) is 4.73. The predicted molar refractivity (Wildman–Crippen MR) is 64.7 cm³/mol. The second kappa shape index (κ2) is 5.05. The zero-order chi connectivity index (χ0) is 10.7. The second-order valence-electron chi connectivity index (χ2n) is 3.99. The first kappa shape index (κ1) is 11.0. The Labute approximate surface area is 99.0 Å². The molecule has 0 saturated carbocycles. The first-order chi connectivity index (χ1) is 7.25. The van der Waals surface area contributed by atoms with E-state index in [1.54, 1.807) is 0 Å². The lowest BCUT2D eigenvalue weighted by atomic mass is 10.2. The minimum atomic E-state index is 0.601. The highest BCUT2D eigenvalue weighted by molar-refractivity contribution is 9.10. The van der Waals surface area contributed by atoms with Crippen LogP contribution in [-0.2, 0) is 6.54 Å². The summed E-state index contributed by atoms with van der Waals surface area (Å²) in [7, 11) is 0. The zero-order valence-corrected chi connectivity index (χ0v) is 10.5. The molecule has 4 heteroatoms. The fraction of sp³-hybridized carbons (Fsp3) is 0.545. The maximum Gasteiger partial charge on any atom is 0.0544 e. The summed E-state index contributed by atoms with van der Waals surface area (Å²) < 4.78 is 1.04. The quantitative estimate of drug-likeness (QED) is 0.885. The molecule has 1 aromatic rings. The summed E-state index contributed by atoms with van der Waals surface area (Å²) in [5.74, 6) is 0. The molecule has 0 aromatic carbocycles. The van der Waals surface area contributed by atoms with Gasteiger partial charge in [-0.1, -0.05) is 0 Å². The molecule has 1 atom stereocenters. The van der Waals surface area contributed by atoms with Crippen molar-refractivity contribution in [2.24, 2.45) is 0 Å². The van der Waals surface area contributed by atoms with E-state index in [-0.39, 0.29) is 0 Å². The van der Waals surface area contributed by atoms with Crippen molar-refractivity contribution in [3.05, 3.63) is 28.5 Å². The molecule has 3 nitrogen and oxygen atoms in total. The summed E-state index contributed by atoms with van der Waals surface area (Å²) in [4.78, 5) is 6.86. The van der Waals surface area contributed by atoms with Gasteiger partial charge in [0.15, 0.2) is 0 Å². The van der Waals surface area contributed by atoms with Gasteiger partial charge in [-0.05, 0) is 35.0 Å². The summed E-state index contributed by atoms with van der Waals surface area (Å²) in [5, 5.41) is 3.39. The summed E-state index contributed by atoms with van der Waals surface area (Å²) in [5.41, 5.74) is 1.15. The molecule has 0 spiro atoms. The Bertz CT molecular complexity index is 312. The lowest BCUT2D eigenvalue weighted by molar-refractivity contribution is 0.164. The highest BCUT2D eigenvalue weighted by atomic mass is 79.9. The number of hydrogen-bond donors (Lipinski definition) is 1. The Morgan fingerprint density at radius 3 is 3.13 bits per heavy atom. The molecule has 0 amide bonds. The summed E-state index contributed by atoms with van der Waals surface area (Å²) >= 11 is 3.40. The Kier molecular flexibility index (Phi) is 3.72. The fourth-order valence-electron chi connectivity index (χ4n) is 1.83. The van der Waals surface area contributed by atoms with Crippen LogP contribution in [0.3, 0.4) is 0 Å².